The minimum absolute atomic E-state index is 0.00108. The van der Waals surface area contributed by atoms with Gasteiger partial charge in [-0.05, 0) is 43.0 Å². The predicted molar refractivity (Wildman–Crippen MR) is 77.2 cm³/mol. The molecule has 1 heterocycles. The van der Waals surface area contributed by atoms with Gasteiger partial charge in [0.1, 0.15) is 5.75 Å². The largest absolute Gasteiger partial charge is 0.481 e. The molecule has 5 nitrogen and oxygen atoms in total. The minimum Gasteiger partial charge on any atom is -0.481 e. The van der Waals surface area contributed by atoms with Gasteiger partial charge in [0.15, 0.2) is 6.10 Å². The zero-order valence-electron chi connectivity index (χ0n) is 12.2. The molecule has 1 saturated heterocycles. The first-order chi connectivity index (χ1) is 10.1. The maximum Gasteiger partial charge on any atom is 0.263 e. The summed E-state index contributed by atoms with van der Waals surface area (Å²) < 4.78 is 11.0. The van der Waals surface area contributed by atoms with Crippen LogP contribution >= 0.6 is 0 Å². The lowest BCUT2D eigenvalue weighted by Crippen LogP contribution is -2.46. The second-order valence-corrected chi connectivity index (χ2v) is 5.61. The van der Waals surface area contributed by atoms with Crippen molar-refractivity contribution in [1.29, 1.82) is 0 Å². The number of aryl methyl sites for hydroxylation is 1. The molecular formula is C16H21NO4. The highest BCUT2D eigenvalue weighted by Gasteiger charge is 2.25. The molecule has 1 aliphatic carbocycles. The molecule has 0 aromatic heterocycles. The third-order valence-electron chi connectivity index (χ3n) is 4.14. The van der Waals surface area contributed by atoms with Gasteiger partial charge in [-0.2, -0.15) is 0 Å². The summed E-state index contributed by atoms with van der Waals surface area (Å²) in [7, 11) is 0. The summed E-state index contributed by atoms with van der Waals surface area (Å²) in [5.41, 5.74) is 2.10. The van der Waals surface area contributed by atoms with E-state index in [1.807, 2.05) is 18.2 Å². The monoisotopic (exact) mass is 291 g/mol. The van der Waals surface area contributed by atoms with E-state index in [1.165, 1.54) is 0 Å². The first-order valence-electron chi connectivity index (χ1n) is 7.49. The molecule has 114 valence electrons. The molecular weight excluding hydrogens is 270 g/mol. The molecule has 1 aromatic carbocycles. The van der Waals surface area contributed by atoms with Gasteiger partial charge in [0, 0.05) is 13.1 Å². The fourth-order valence-electron chi connectivity index (χ4n) is 2.94. The number of hydrogen-bond acceptors (Lipinski definition) is 4. The molecule has 21 heavy (non-hydrogen) atoms. The quantitative estimate of drug-likeness (QED) is 0.912. The Morgan fingerprint density at radius 2 is 2.19 bits per heavy atom. The Kier molecular flexibility index (Phi) is 4.12. The molecule has 1 aromatic rings. The normalized spacial score (nSPS) is 22.8. The number of rotatable bonds is 3. The summed E-state index contributed by atoms with van der Waals surface area (Å²) >= 11 is 0. The summed E-state index contributed by atoms with van der Waals surface area (Å²) in [5, 5.41) is 9.80. The zero-order chi connectivity index (χ0) is 14.8. The number of aliphatic hydroxyl groups is 1. The van der Waals surface area contributed by atoms with Crippen molar-refractivity contribution in [2.75, 3.05) is 26.3 Å². The van der Waals surface area contributed by atoms with Crippen molar-refractivity contribution in [3.63, 3.8) is 0 Å². The number of carbonyl (C=O) groups excluding carboxylic acids is 1. The molecule has 0 radical (unpaired) electrons. The van der Waals surface area contributed by atoms with E-state index in [9.17, 15) is 9.90 Å². The van der Waals surface area contributed by atoms with Crippen molar-refractivity contribution in [3.8, 4) is 5.75 Å². The number of ether oxygens (including phenoxy) is 2. The van der Waals surface area contributed by atoms with E-state index in [0.29, 0.717) is 32.1 Å². The standard InChI is InChI=1S/C16H21NO4/c1-11(16(19)17-6-8-20-9-7-17)21-13-3-4-14-12(10-13)2-5-15(14)18/h3-4,10-11,15,18H,2,5-9H2,1H3/t11?,15-/m1/s1. The molecule has 0 spiro atoms. The Morgan fingerprint density at radius 1 is 1.43 bits per heavy atom. The Morgan fingerprint density at radius 3 is 2.95 bits per heavy atom. The summed E-state index contributed by atoms with van der Waals surface area (Å²) in [6.45, 7) is 4.22. The molecule has 0 bridgehead atoms. The SMILES string of the molecule is CC(Oc1ccc2c(c1)CC[C@H]2O)C(=O)N1CCOCC1. The van der Waals surface area contributed by atoms with Crippen LogP contribution in [-0.4, -0.2) is 48.3 Å². The van der Waals surface area contributed by atoms with E-state index in [2.05, 4.69) is 0 Å². The number of aliphatic hydroxyl groups excluding tert-OH is 1. The van der Waals surface area contributed by atoms with Crippen molar-refractivity contribution in [1.82, 2.24) is 4.90 Å². The number of benzene rings is 1. The minimum atomic E-state index is -0.507. The van der Waals surface area contributed by atoms with Crippen LogP contribution in [0, 0.1) is 0 Å². The lowest BCUT2D eigenvalue weighted by Gasteiger charge is -2.29. The second kappa shape index (κ2) is 6.03. The van der Waals surface area contributed by atoms with Crippen molar-refractivity contribution >= 4 is 5.91 Å². The lowest BCUT2D eigenvalue weighted by molar-refractivity contribution is -0.142. The molecule has 5 heteroatoms. The molecule has 1 aliphatic heterocycles. The van der Waals surface area contributed by atoms with Gasteiger partial charge in [0.25, 0.3) is 5.91 Å². The van der Waals surface area contributed by atoms with Crippen LogP contribution < -0.4 is 4.74 Å². The molecule has 3 rings (SSSR count). The summed E-state index contributed by atoms with van der Waals surface area (Å²) in [4.78, 5) is 14.1. The van der Waals surface area contributed by atoms with Gasteiger partial charge in [-0.1, -0.05) is 6.07 Å². The van der Waals surface area contributed by atoms with E-state index in [1.54, 1.807) is 11.8 Å². The van der Waals surface area contributed by atoms with Crippen LogP contribution in [-0.2, 0) is 16.0 Å². The van der Waals surface area contributed by atoms with Gasteiger partial charge in [0.05, 0.1) is 19.3 Å². The van der Waals surface area contributed by atoms with Gasteiger partial charge in [-0.15, -0.1) is 0 Å². The van der Waals surface area contributed by atoms with Gasteiger partial charge >= 0.3 is 0 Å². The van der Waals surface area contributed by atoms with E-state index >= 15 is 0 Å². The Labute approximate surface area is 124 Å². The number of nitrogens with zero attached hydrogens (tertiary/aromatic N) is 1. The number of carbonyl (C=O) groups is 1. The fourth-order valence-corrected chi connectivity index (χ4v) is 2.94. The average Bonchev–Trinajstić information content (AvgIpc) is 2.88. The number of amides is 1. The lowest BCUT2D eigenvalue weighted by atomic mass is 10.1. The van der Waals surface area contributed by atoms with Gasteiger partial charge < -0.3 is 19.5 Å². The van der Waals surface area contributed by atoms with Gasteiger partial charge in [-0.3, -0.25) is 4.79 Å². The van der Waals surface area contributed by atoms with Crippen LogP contribution in [0.15, 0.2) is 18.2 Å². The Balaban J connectivity index is 1.64. The topological polar surface area (TPSA) is 59.0 Å². The van der Waals surface area contributed by atoms with E-state index < -0.39 is 6.10 Å². The highest BCUT2D eigenvalue weighted by Crippen LogP contribution is 2.33. The number of morpholine rings is 1. The van der Waals surface area contributed by atoms with Crippen LogP contribution in [0.1, 0.15) is 30.6 Å². The van der Waals surface area contributed by atoms with Crippen molar-refractivity contribution in [3.05, 3.63) is 29.3 Å². The maximum atomic E-state index is 12.3. The zero-order valence-corrected chi connectivity index (χ0v) is 12.2. The maximum absolute atomic E-state index is 12.3. The van der Waals surface area contributed by atoms with Gasteiger partial charge in [-0.25, -0.2) is 0 Å². The van der Waals surface area contributed by atoms with Crippen molar-refractivity contribution in [2.45, 2.75) is 32.0 Å². The number of hydrogen-bond donors (Lipinski definition) is 1. The first kappa shape index (κ1) is 14.4. The van der Waals surface area contributed by atoms with E-state index in [-0.39, 0.29) is 12.0 Å². The summed E-state index contributed by atoms with van der Waals surface area (Å²) in [5.74, 6) is 0.691. The second-order valence-electron chi connectivity index (χ2n) is 5.61. The highest BCUT2D eigenvalue weighted by molar-refractivity contribution is 5.81. The molecule has 1 fully saturated rings. The highest BCUT2D eigenvalue weighted by atomic mass is 16.5. The van der Waals surface area contributed by atoms with E-state index in [0.717, 1.165) is 24.0 Å². The summed E-state index contributed by atoms with van der Waals surface area (Å²) in [6, 6.07) is 5.67. The van der Waals surface area contributed by atoms with E-state index in [4.69, 9.17) is 9.47 Å². The molecule has 1 unspecified atom stereocenters. The molecule has 1 amide bonds. The Hall–Kier alpha value is -1.59. The predicted octanol–water partition coefficient (Wildman–Crippen LogP) is 1.29. The average molecular weight is 291 g/mol. The molecule has 2 atom stereocenters. The number of fused-ring (bicyclic) bond motifs is 1. The van der Waals surface area contributed by atoms with Crippen LogP contribution in [0.2, 0.25) is 0 Å². The molecule has 2 aliphatic rings. The summed E-state index contributed by atoms with van der Waals surface area (Å²) in [6.07, 6.45) is 0.759. The molecule has 1 N–H and O–H groups in total. The van der Waals surface area contributed by atoms with Crippen LogP contribution in [0.3, 0.4) is 0 Å². The van der Waals surface area contributed by atoms with Crippen molar-refractivity contribution in [2.24, 2.45) is 0 Å². The van der Waals surface area contributed by atoms with Crippen molar-refractivity contribution < 1.29 is 19.4 Å². The van der Waals surface area contributed by atoms with Crippen LogP contribution in [0.4, 0.5) is 0 Å². The first-order valence-corrected chi connectivity index (χ1v) is 7.49. The third kappa shape index (κ3) is 3.04. The third-order valence-corrected chi connectivity index (χ3v) is 4.14. The smallest absolute Gasteiger partial charge is 0.263 e. The van der Waals surface area contributed by atoms with Crippen LogP contribution in [0.5, 0.6) is 5.75 Å². The fraction of sp³-hybridized carbons (Fsp3) is 0.562. The molecule has 0 saturated carbocycles. The Bertz CT molecular complexity index is 525. The van der Waals surface area contributed by atoms with Gasteiger partial charge in [0.2, 0.25) is 0 Å². The van der Waals surface area contributed by atoms with Crippen LogP contribution in [0.25, 0.3) is 0 Å².